The van der Waals surface area contributed by atoms with Crippen LogP contribution in [0.2, 0.25) is 0 Å². The van der Waals surface area contributed by atoms with E-state index in [1.807, 2.05) is 36.4 Å². The molecule has 0 aliphatic heterocycles. The van der Waals surface area contributed by atoms with Gasteiger partial charge in [-0.3, -0.25) is 4.79 Å². The van der Waals surface area contributed by atoms with Crippen LogP contribution in [-0.2, 0) is 6.42 Å². The fraction of sp³-hybridized carbons (Fsp3) is 0.118. The normalized spacial score (nSPS) is 10.8. The van der Waals surface area contributed by atoms with Gasteiger partial charge in [-0.15, -0.1) is 0 Å². The Bertz CT molecular complexity index is 725. The quantitative estimate of drug-likeness (QED) is 0.700. The van der Waals surface area contributed by atoms with Crippen molar-refractivity contribution in [2.45, 2.75) is 13.3 Å². The lowest BCUT2D eigenvalue weighted by Crippen LogP contribution is -1.89. The third-order valence-corrected chi connectivity index (χ3v) is 3.32. The Balaban J connectivity index is 1.95. The maximum atomic E-state index is 11.4. The maximum absolute atomic E-state index is 11.4. The van der Waals surface area contributed by atoms with Crippen molar-refractivity contribution in [2.24, 2.45) is 0 Å². The van der Waals surface area contributed by atoms with E-state index in [2.05, 4.69) is 23.2 Å². The molecule has 3 aromatic rings. The number of Topliss-reactive ketones (excluding diaryl/α,β-unsaturated/α-hetero) is 1. The molecule has 1 aromatic heterocycles. The largest absolute Gasteiger partial charge is 0.358 e. The maximum Gasteiger partial charge on any atom is 0.159 e. The zero-order chi connectivity index (χ0) is 13.2. The van der Waals surface area contributed by atoms with Crippen LogP contribution in [0.4, 0.5) is 0 Å². The van der Waals surface area contributed by atoms with Gasteiger partial charge in [0.25, 0.3) is 0 Å². The smallest absolute Gasteiger partial charge is 0.159 e. The predicted molar refractivity (Wildman–Crippen MR) is 77.6 cm³/mol. The average molecular weight is 249 g/mol. The summed E-state index contributed by atoms with van der Waals surface area (Å²) in [4.78, 5) is 14.8. The Hall–Kier alpha value is -2.35. The molecule has 2 heteroatoms. The van der Waals surface area contributed by atoms with Crippen molar-refractivity contribution in [3.05, 3.63) is 71.4 Å². The van der Waals surface area contributed by atoms with E-state index in [1.54, 1.807) is 6.92 Å². The van der Waals surface area contributed by atoms with Crippen LogP contribution in [0, 0.1) is 0 Å². The topological polar surface area (TPSA) is 32.9 Å². The van der Waals surface area contributed by atoms with Crippen LogP contribution >= 0.6 is 0 Å². The molecule has 3 rings (SSSR count). The van der Waals surface area contributed by atoms with Gasteiger partial charge in [-0.05, 0) is 36.8 Å². The minimum atomic E-state index is 0.104. The fourth-order valence-electron chi connectivity index (χ4n) is 2.32. The Kier molecular flexibility index (Phi) is 2.92. The van der Waals surface area contributed by atoms with Crippen LogP contribution in [-0.4, -0.2) is 10.8 Å². The summed E-state index contributed by atoms with van der Waals surface area (Å²) in [6.45, 7) is 1.60. The fourth-order valence-corrected chi connectivity index (χ4v) is 2.32. The molecule has 94 valence electrons. The molecule has 2 nitrogen and oxygen atoms in total. The van der Waals surface area contributed by atoms with Crippen molar-refractivity contribution in [2.75, 3.05) is 0 Å². The van der Waals surface area contributed by atoms with E-state index in [-0.39, 0.29) is 5.78 Å². The van der Waals surface area contributed by atoms with Gasteiger partial charge in [0.15, 0.2) is 5.78 Å². The molecule has 0 saturated carbocycles. The van der Waals surface area contributed by atoms with E-state index in [0.29, 0.717) is 0 Å². The third kappa shape index (κ3) is 2.43. The number of rotatable bonds is 3. The first-order chi connectivity index (χ1) is 9.22. The minimum Gasteiger partial charge on any atom is -0.358 e. The Morgan fingerprint density at radius 2 is 1.84 bits per heavy atom. The van der Waals surface area contributed by atoms with Gasteiger partial charge in [-0.1, -0.05) is 30.3 Å². The number of aromatic amines is 1. The van der Waals surface area contributed by atoms with Crippen molar-refractivity contribution in [3.63, 3.8) is 0 Å². The number of H-pyrrole nitrogens is 1. The zero-order valence-electron chi connectivity index (χ0n) is 10.8. The molecule has 1 heterocycles. The number of ketones is 1. The van der Waals surface area contributed by atoms with Crippen LogP contribution in [0.15, 0.2) is 54.6 Å². The van der Waals surface area contributed by atoms with E-state index in [1.165, 1.54) is 11.3 Å². The van der Waals surface area contributed by atoms with Gasteiger partial charge in [0.1, 0.15) is 0 Å². The standard InChI is InChI=1S/C17H15NO/c1-12(19)14-7-8-17-15(10-14)11-16(18-17)9-13-5-3-2-4-6-13/h2-8,10-11,18H,9H2,1H3. The monoisotopic (exact) mass is 249 g/mol. The van der Waals surface area contributed by atoms with Crippen molar-refractivity contribution in [3.8, 4) is 0 Å². The number of hydrogen-bond acceptors (Lipinski definition) is 1. The van der Waals surface area contributed by atoms with Gasteiger partial charge in [0.05, 0.1) is 0 Å². The molecule has 0 radical (unpaired) electrons. The van der Waals surface area contributed by atoms with E-state index in [4.69, 9.17) is 0 Å². The number of hydrogen-bond donors (Lipinski definition) is 1. The molecule has 2 aromatic carbocycles. The molecule has 0 aliphatic carbocycles. The molecular formula is C17H15NO. The first-order valence-electron chi connectivity index (χ1n) is 6.39. The lowest BCUT2D eigenvalue weighted by molar-refractivity contribution is 0.101. The highest BCUT2D eigenvalue weighted by Crippen LogP contribution is 2.19. The van der Waals surface area contributed by atoms with Crippen LogP contribution in [0.1, 0.15) is 28.5 Å². The van der Waals surface area contributed by atoms with Gasteiger partial charge in [0.2, 0.25) is 0 Å². The SMILES string of the molecule is CC(=O)c1ccc2[nH]c(Cc3ccccc3)cc2c1. The zero-order valence-corrected chi connectivity index (χ0v) is 10.8. The molecule has 0 fully saturated rings. The van der Waals surface area contributed by atoms with Gasteiger partial charge < -0.3 is 4.98 Å². The van der Waals surface area contributed by atoms with Crippen molar-refractivity contribution in [1.29, 1.82) is 0 Å². The number of carbonyl (C=O) groups excluding carboxylic acids is 1. The van der Waals surface area contributed by atoms with Crippen LogP contribution < -0.4 is 0 Å². The molecule has 19 heavy (non-hydrogen) atoms. The predicted octanol–water partition coefficient (Wildman–Crippen LogP) is 3.96. The average Bonchev–Trinajstić information content (AvgIpc) is 2.80. The van der Waals surface area contributed by atoms with Crippen LogP contribution in [0.5, 0.6) is 0 Å². The van der Waals surface area contributed by atoms with Gasteiger partial charge >= 0.3 is 0 Å². The Morgan fingerprint density at radius 1 is 1.05 bits per heavy atom. The van der Waals surface area contributed by atoms with E-state index < -0.39 is 0 Å². The first-order valence-corrected chi connectivity index (χ1v) is 6.39. The lowest BCUT2D eigenvalue weighted by Gasteiger charge is -1.97. The highest BCUT2D eigenvalue weighted by atomic mass is 16.1. The molecule has 0 aliphatic rings. The molecule has 1 N–H and O–H groups in total. The summed E-state index contributed by atoms with van der Waals surface area (Å²) < 4.78 is 0. The Labute approximate surface area is 112 Å². The van der Waals surface area contributed by atoms with E-state index >= 15 is 0 Å². The summed E-state index contributed by atoms with van der Waals surface area (Å²) in [6.07, 6.45) is 0.880. The van der Waals surface area contributed by atoms with Crippen molar-refractivity contribution in [1.82, 2.24) is 4.98 Å². The van der Waals surface area contributed by atoms with E-state index in [9.17, 15) is 4.79 Å². The van der Waals surface area contributed by atoms with Gasteiger partial charge in [-0.2, -0.15) is 0 Å². The molecular weight excluding hydrogens is 234 g/mol. The lowest BCUT2D eigenvalue weighted by atomic mass is 10.1. The summed E-state index contributed by atoms with van der Waals surface area (Å²) in [5.41, 5.74) is 4.29. The summed E-state index contributed by atoms with van der Waals surface area (Å²) in [5, 5.41) is 1.10. The summed E-state index contributed by atoms with van der Waals surface area (Å²) in [5.74, 6) is 0.104. The van der Waals surface area contributed by atoms with Crippen LogP contribution in [0.3, 0.4) is 0 Å². The van der Waals surface area contributed by atoms with Gasteiger partial charge in [0, 0.05) is 28.6 Å². The third-order valence-electron chi connectivity index (χ3n) is 3.32. The first kappa shape index (κ1) is 11.7. The highest BCUT2D eigenvalue weighted by molar-refractivity contribution is 5.98. The molecule has 0 atom stereocenters. The van der Waals surface area contributed by atoms with Crippen molar-refractivity contribution < 1.29 is 4.79 Å². The highest BCUT2D eigenvalue weighted by Gasteiger charge is 2.05. The van der Waals surface area contributed by atoms with E-state index in [0.717, 1.165) is 22.9 Å². The second kappa shape index (κ2) is 4.73. The summed E-state index contributed by atoms with van der Waals surface area (Å²) in [6, 6.07) is 18.3. The number of carbonyl (C=O) groups is 1. The van der Waals surface area contributed by atoms with Gasteiger partial charge in [-0.25, -0.2) is 0 Å². The molecule has 0 saturated heterocycles. The molecule has 0 unspecified atom stereocenters. The van der Waals surface area contributed by atoms with Crippen molar-refractivity contribution >= 4 is 16.7 Å². The minimum absolute atomic E-state index is 0.104. The second-order valence-corrected chi connectivity index (χ2v) is 4.82. The number of benzene rings is 2. The summed E-state index contributed by atoms with van der Waals surface area (Å²) in [7, 11) is 0. The summed E-state index contributed by atoms with van der Waals surface area (Å²) >= 11 is 0. The second-order valence-electron chi connectivity index (χ2n) is 4.82. The molecule has 0 amide bonds. The number of aromatic nitrogens is 1. The molecule has 0 bridgehead atoms. The number of nitrogens with one attached hydrogen (secondary N) is 1. The number of fused-ring (bicyclic) bond motifs is 1. The van der Waals surface area contributed by atoms with Crippen LogP contribution in [0.25, 0.3) is 10.9 Å². The molecule has 0 spiro atoms. The Morgan fingerprint density at radius 3 is 2.58 bits per heavy atom.